The van der Waals surface area contributed by atoms with Crippen LogP contribution in [0.25, 0.3) is 0 Å². The lowest BCUT2D eigenvalue weighted by Crippen LogP contribution is -2.55. The number of aryl methyl sites for hydroxylation is 1. The number of rotatable bonds is 16. The van der Waals surface area contributed by atoms with E-state index >= 15 is 0 Å². The summed E-state index contributed by atoms with van der Waals surface area (Å²) in [6.07, 6.45) is 12.4. The zero-order valence-electron chi connectivity index (χ0n) is 33.3. The van der Waals surface area contributed by atoms with Crippen LogP contribution >= 0.6 is 0 Å². The molecule has 3 atom stereocenters. The molecular weight excluding hydrogens is 711 g/mol. The van der Waals surface area contributed by atoms with Crippen LogP contribution < -0.4 is 30.5 Å². The van der Waals surface area contributed by atoms with Gasteiger partial charge in [0.2, 0.25) is 17.8 Å². The van der Waals surface area contributed by atoms with Gasteiger partial charge in [-0.2, -0.15) is 4.98 Å². The third kappa shape index (κ3) is 9.08. The van der Waals surface area contributed by atoms with Gasteiger partial charge in [0.1, 0.15) is 23.5 Å². The molecule has 1 aromatic heterocycles. The molecule has 3 aromatic rings. The number of ether oxygens (including phenoxy) is 1. The van der Waals surface area contributed by atoms with E-state index in [4.69, 9.17) is 9.72 Å². The summed E-state index contributed by atoms with van der Waals surface area (Å²) in [5.74, 6) is 0.518. The molecule has 1 unspecified atom stereocenters. The van der Waals surface area contributed by atoms with E-state index in [2.05, 4.69) is 25.8 Å². The second-order valence-electron chi connectivity index (χ2n) is 15.9. The summed E-state index contributed by atoms with van der Waals surface area (Å²) in [6, 6.07) is 11.7. The smallest absolute Gasteiger partial charge is 0.326 e. The molecule has 2 fully saturated rings. The quantitative estimate of drug-likeness (QED) is 0.116. The van der Waals surface area contributed by atoms with Crippen LogP contribution in [0.5, 0.6) is 5.75 Å². The Balaban J connectivity index is 1.04. The Hall–Kier alpha value is -5.20. The number of hydrogen-bond acceptors (Lipinski definition) is 9. The van der Waals surface area contributed by atoms with Gasteiger partial charge in [-0.05, 0) is 85.8 Å². The van der Waals surface area contributed by atoms with E-state index in [-0.39, 0.29) is 48.1 Å². The first-order valence-electron chi connectivity index (χ1n) is 20.3. The van der Waals surface area contributed by atoms with E-state index in [0.717, 1.165) is 62.7 Å². The molecule has 4 N–H and O–H groups in total. The number of amides is 3. The number of nitrogens with one attached hydrogen (secondary N) is 3. The van der Waals surface area contributed by atoms with Crippen molar-refractivity contribution >= 4 is 52.5 Å². The Morgan fingerprint density at radius 2 is 1.70 bits per heavy atom. The van der Waals surface area contributed by atoms with Gasteiger partial charge >= 0.3 is 5.97 Å². The fourth-order valence-electron chi connectivity index (χ4n) is 9.02. The molecule has 1 aliphatic heterocycles. The predicted octanol–water partition coefficient (Wildman–Crippen LogP) is 7.34. The van der Waals surface area contributed by atoms with Crippen LogP contribution in [0.2, 0.25) is 0 Å². The van der Waals surface area contributed by atoms with E-state index < -0.39 is 12.0 Å². The number of carboxylic acids is 1. The van der Waals surface area contributed by atoms with E-state index in [9.17, 15) is 24.3 Å². The third-order valence-corrected chi connectivity index (χ3v) is 11.9. The molecule has 3 aliphatic rings. The molecule has 2 aromatic carbocycles. The van der Waals surface area contributed by atoms with Crippen molar-refractivity contribution in [2.45, 2.75) is 116 Å². The molecule has 0 saturated heterocycles. The molecule has 0 radical (unpaired) electrons. The van der Waals surface area contributed by atoms with Crippen LogP contribution in [0, 0.1) is 17.8 Å². The maximum Gasteiger partial charge on any atom is 0.326 e. The molecule has 6 rings (SSSR count). The Kier molecular flexibility index (Phi) is 13.1. The highest BCUT2D eigenvalue weighted by Gasteiger charge is 2.41. The van der Waals surface area contributed by atoms with Gasteiger partial charge in [0, 0.05) is 30.8 Å². The lowest BCUT2D eigenvalue weighted by atomic mass is 9.77. The maximum absolute atomic E-state index is 13.3. The highest BCUT2D eigenvalue weighted by Crippen LogP contribution is 2.41. The van der Waals surface area contributed by atoms with E-state index in [0.29, 0.717) is 59.5 Å². The zero-order chi connectivity index (χ0) is 39.9. The zero-order valence-corrected chi connectivity index (χ0v) is 33.3. The molecule has 300 valence electrons. The van der Waals surface area contributed by atoms with Gasteiger partial charge in [0.25, 0.3) is 5.91 Å². The number of anilines is 5. The molecular formula is C43H57N7O6. The summed E-state index contributed by atoms with van der Waals surface area (Å²) < 4.78 is 5.67. The molecule has 2 aliphatic carbocycles. The second-order valence-corrected chi connectivity index (χ2v) is 15.9. The molecule has 2 heterocycles. The standard InChI is InChI=1S/C43H57N7O6/c1-6-33-41(53)49(4)34-25-44-43(48-39(34)50(33)31-15-9-10-16-31)46-32-23-20-29(24-35(32)56-5)40(52)45-30-21-18-27(19-22-30)12-11-17-36(51)47-38(42(54)55)37(26(2)3)28-13-7-8-14-28/h18-26,28,31,33,37-38H,6-17H2,1-5H3,(H,45,52)(H,47,51)(H,54,55)(H,44,46,48)/t33-,37?,38+/m1/s1. The highest BCUT2D eigenvalue weighted by atomic mass is 16.5. The number of nitrogens with zero attached hydrogens (tertiary/aromatic N) is 4. The fourth-order valence-corrected chi connectivity index (χ4v) is 9.02. The van der Waals surface area contributed by atoms with Crippen LogP contribution in [-0.2, 0) is 20.8 Å². The third-order valence-electron chi connectivity index (χ3n) is 11.9. The minimum Gasteiger partial charge on any atom is -0.495 e. The SMILES string of the molecule is CC[C@@H]1C(=O)N(C)c2cnc(Nc3ccc(C(=O)Nc4ccc(CCCC(=O)N[C@H](C(=O)O)C(C(C)C)C5CCCC5)cc4)cc3OC)nc2N1C1CCCC1. The van der Waals surface area contributed by atoms with Crippen LogP contribution in [0.3, 0.4) is 0 Å². The lowest BCUT2D eigenvalue weighted by molar-refractivity contribution is -0.145. The highest BCUT2D eigenvalue weighted by molar-refractivity contribution is 6.05. The monoisotopic (exact) mass is 767 g/mol. The van der Waals surface area contributed by atoms with Gasteiger partial charge < -0.3 is 35.6 Å². The number of aliphatic carboxylic acids is 1. The number of carboxylic acid groups (broad SMARTS) is 1. The minimum absolute atomic E-state index is 0.0574. The van der Waals surface area contributed by atoms with Gasteiger partial charge in [-0.25, -0.2) is 9.78 Å². The molecule has 13 heteroatoms. The molecule has 0 bridgehead atoms. The summed E-state index contributed by atoms with van der Waals surface area (Å²) in [5, 5.41) is 19.0. The average Bonchev–Trinajstić information content (AvgIpc) is 3.92. The van der Waals surface area contributed by atoms with Crippen LogP contribution in [-0.4, -0.2) is 71.0 Å². The first-order chi connectivity index (χ1) is 27.0. The summed E-state index contributed by atoms with van der Waals surface area (Å²) >= 11 is 0. The number of carbonyl (C=O) groups is 4. The van der Waals surface area contributed by atoms with Crippen LogP contribution in [0.1, 0.15) is 107 Å². The van der Waals surface area contributed by atoms with Gasteiger partial charge in [0.05, 0.1) is 19.0 Å². The van der Waals surface area contributed by atoms with Crippen molar-refractivity contribution in [3.8, 4) is 5.75 Å². The number of benzene rings is 2. The Labute approximate surface area is 330 Å². The minimum atomic E-state index is -0.961. The van der Waals surface area contributed by atoms with Crippen molar-refractivity contribution in [3.05, 3.63) is 59.8 Å². The van der Waals surface area contributed by atoms with Gasteiger partial charge in [-0.3, -0.25) is 14.4 Å². The number of methoxy groups -OCH3 is 1. The Morgan fingerprint density at radius 3 is 2.34 bits per heavy atom. The summed E-state index contributed by atoms with van der Waals surface area (Å²) in [7, 11) is 3.31. The summed E-state index contributed by atoms with van der Waals surface area (Å²) in [5.41, 5.74) is 3.31. The van der Waals surface area contributed by atoms with Crippen molar-refractivity contribution in [1.82, 2.24) is 15.3 Å². The van der Waals surface area contributed by atoms with E-state index in [1.165, 1.54) is 7.11 Å². The average molecular weight is 768 g/mol. The Bertz CT molecular complexity index is 1870. The Morgan fingerprint density at radius 1 is 1.00 bits per heavy atom. The van der Waals surface area contributed by atoms with Gasteiger partial charge in [-0.15, -0.1) is 0 Å². The van der Waals surface area contributed by atoms with E-state index in [1.54, 1.807) is 36.3 Å². The van der Waals surface area contributed by atoms with Crippen molar-refractivity contribution < 1.29 is 29.0 Å². The van der Waals surface area contributed by atoms with Crippen LogP contribution in [0.4, 0.5) is 28.8 Å². The largest absolute Gasteiger partial charge is 0.495 e. The van der Waals surface area contributed by atoms with Crippen molar-refractivity contribution in [1.29, 1.82) is 0 Å². The topological polar surface area (TPSA) is 166 Å². The fraction of sp³-hybridized carbons (Fsp3) is 0.535. The number of aromatic nitrogens is 2. The molecule has 0 spiro atoms. The number of likely N-dealkylation sites (N-methyl/N-ethyl adjacent to an activating group) is 1. The van der Waals surface area contributed by atoms with E-state index in [1.807, 2.05) is 45.0 Å². The van der Waals surface area contributed by atoms with Crippen molar-refractivity contribution in [2.24, 2.45) is 17.8 Å². The summed E-state index contributed by atoms with van der Waals surface area (Å²) in [4.78, 5) is 64.9. The van der Waals surface area contributed by atoms with Crippen molar-refractivity contribution in [2.75, 3.05) is 34.6 Å². The normalized spacial score (nSPS) is 18.5. The predicted molar refractivity (Wildman–Crippen MR) is 218 cm³/mol. The maximum atomic E-state index is 13.3. The molecule has 3 amide bonds. The van der Waals surface area contributed by atoms with Gasteiger partial charge in [0.15, 0.2) is 5.82 Å². The summed E-state index contributed by atoms with van der Waals surface area (Å²) in [6.45, 7) is 6.13. The number of carbonyl (C=O) groups excluding carboxylic acids is 3. The first-order valence-corrected chi connectivity index (χ1v) is 20.3. The molecule has 2 saturated carbocycles. The second kappa shape index (κ2) is 18.2. The van der Waals surface area contributed by atoms with Crippen molar-refractivity contribution in [3.63, 3.8) is 0 Å². The number of fused-ring (bicyclic) bond motifs is 1. The first kappa shape index (κ1) is 40.5. The van der Waals surface area contributed by atoms with Gasteiger partial charge in [-0.1, -0.05) is 71.4 Å². The molecule has 13 nitrogen and oxygen atoms in total. The molecule has 56 heavy (non-hydrogen) atoms. The number of hydrogen-bond donors (Lipinski definition) is 4. The van der Waals surface area contributed by atoms with Crippen LogP contribution in [0.15, 0.2) is 48.7 Å². The lowest BCUT2D eigenvalue weighted by Gasteiger charge is -2.43.